The van der Waals surface area contributed by atoms with Crippen molar-refractivity contribution in [2.45, 2.75) is 31.6 Å². The molecule has 0 saturated carbocycles. The highest BCUT2D eigenvalue weighted by Gasteiger charge is 2.16. The molecule has 4 nitrogen and oxygen atoms in total. The molecule has 5 heteroatoms. The fraction of sp³-hybridized carbons (Fsp3) is 0.533. The number of hydrogen-bond donors (Lipinski definition) is 3. The van der Waals surface area contributed by atoms with Crippen molar-refractivity contribution in [2.24, 2.45) is 5.73 Å². The van der Waals surface area contributed by atoms with Crippen molar-refractivity contribution < 1.29 is 5.11 Å². The lowest BCUT2D eigenvalue weighted by Gasteiger charge is -2.27. The first-order chi connectivity index (χ1) is 9.65. The molecular formula is C15H25N3OS. The van der Waals surface area contributed by atoms with E-state index in [1.54, 1.807) is 11.8 Å². The summed E-state index contributed by atoms with van der Waals surface area (Å²) in [5.74, 6) is 1.04. The number of benzene rings is 1. The maximum absolute atomic E-state index is 9.27. The number of rotatable bonds is 9. The lowest BCUT2D eigenvalue weighted by molar-refractivity contribution is 0.301. The van der Waals surface area contributed by atoms with Crippen LogP contribution in [0.2, 0.25) is 0 Å². The van der Waals surface area contributed by atoms with Gasteiger partial charge in [0, 0.05) is 23.7 Å². The van der Waals surface area contributed by atoms with Crippen LogP contribution >= 0.6 is 11.8 Å². The van der Waals surface area contributed by atoms with Crippen LogP contribution in [0.1, 0.15) is 32.3 Å². The molecule has 0 heterocycles. The highest BCUT2D eigenvalue weighted by atomic mass is 32.2. The Balaban J connectivity index is 3.17. The summed E-state index contributed by atoms with van der Waals surface area (Å²) in [6.45, 7) is 5.78. The predicted molar refractivity (Wildman–Crippen MR) is 88.1 cm³/mol. The summed E-state index contributed by atoms with van der Waals surface area (Å²) in [5, 5.41) is 17.1. The number of aliphatic hydroxyl groups excluding tert-OH is 1. The van der Waals surface area contributed by atoms with Crippen LogP contribution in [0, 0.1) is 5.41 Å². The number of nitrogens with one attached hydrogen (secondary N) is 1. The van der Waals surface area contributed by atoms with E-state index in [2.05, 4.69) is 18.7 Å². The number of unbranched alkanes of at least 4 members (excludes halogenated alkanes) is 1. The average Bonchev–Trinajstić information content (AvgIpc) is 2.43. The second kappa shape index (κ2) is 8.87. The monoisotopic (exact) mass is 295 g/mol. The molecule has 20 heavy (non-hydrogen) atoms. The van der Waals surface area contributed by atoms with E-state index in [1.165, 1.54) is 0 Å². The summed E-state index contributed by atoms with van der Waals surface area (Å²) in [5.41, 5.74) is 7.54. The van der Waals surface area contributed by atoms with Gasteiger partial charge in [-0.25, -0.2) is 0 Å². The minimum absolute atomic E-state index is 0.0935. The smallest absolute Gasteiger partial charge is 0.126 e. The van der Waals surface area contributed by atoms with E-state index in [9.17, 15) is 5.11 Å². The Labute approximate surface area is 125 Å². The molecule has 0 aliphatic carbocycles. The molecule has 1 aromatic carbocycles. The Morgan fingerprint density at radius 1 is 1.35 bits per heavy atom. The summed E-state index contributed by atoms with van der Waals surface area (Å²) in [4.78, 5) is 3.16. The predicted octanol–water partition coefficient (Wildman–Crippen LogP) is 2.68. The molecule has 0 amide bonds. The second-order valence-electron chi connectivity index (χ2n) is 4.56. The third kappa shape index (κ3) is 4.42. The van der Waals surface area contributed by atoms with Crippen molar-refractivity contribution in [3.8, 4) is 0 Å². The van der Waals surface area contributed by atoms with Gasteiger partial charge in [0.2, 0.25) is 0 Å². The zero-order valence-electron chi connectivity index (χ0n) is 12.4. The summed E-state index contributed by atoms with van der Waals surface area (Å²) >= 11 is 1.69. The van der Waals surface area contributed by atoms with Crippen LogP contribution < -0.4 is 10.6 Å². The van der Waals surface area contributed by atoms with Crippen LogP contribution in [0.3, 0.4) is 0 Å². The Morgan fingerprint density at radius 3 is 2.65 bits per heavy atom. The van der Waals surface area contributed by atoms with Crippen LogP contribution in [0.4, 0.5) is 5.69 Å². The Bertz CT molecular complexity index is 437. The van der Waals surface area contributed by atoms with E-state index >= 15 is 0 Å². The van der Waals surface area contributed by atoms with Crippen molar-refractivity contribution in [1.82, 2.24) is 0 Å². The number of hydrogen-bond acceptors (Lipinski definition) is 4. The average molecular weight is 295 g/mol. The molecule has 0 spiro atoms. The topological polar surface area (TPSA) is 73.3 Å². The van der Waals surface area contributed by atoms with Crippen molar-refractivity contribution in [2.75, 3.05) is 30.3 Å². The fourth-order valence-corrected chi connectivity index (χ4v) is 3.00. The van der Waals surface area contributed by atoms with Crippen LogP contribution in [-0.2, 0) is 0 Å². The number of nitrogen functional groups attached to an aromatic ring is 1. The van der Waals surface area contributed by atoms with E-state index in [0.29, 0.717) is 6.54 Å². The quantitative estimate of drug-likeness (QED) is 0.372. The molecule has 0 bridgehead atoms. The SMILES string of the molecule is CCCCN(CCO)c1cccc(SCC)c1C(=N)N. The van der Waals surface area contributed by atoms with Gasteiger partial charge in [0.25, 0.3) is 0 Å². The van der Waals surface area contributed by atoms with Crippen LogP contribution in [0.5, 0.6) is 0 Å². The molecule has 0 aliphatic rings. The van der Waals surface area contributed by atoms with Crippen molar-refractivity contribution in [1.29, 1.82) is 5.41 Å². The molecule has 1 rings (SSSR count). The zero-order chi connectivity index (χ0) is 15.0. The van der Waals surface area contributed by atoms with Crippen molar-refractivity contribution in [3.05, 3.63) is 23.8 Å². The van der Waals surface area contributed by atoms with Gasteiger partial charge in [-0.2, -0.15) is 0 Å². The second-order valence-corrected chi connectivity index (χ2v) is 5.87. The maximum atomic E-state index is 9.27. The molecule has 0 aliphatic heterocycles. The summed E-state index contributed by atoms with van der Waals surface area (Å²) in [6, 6.07) is 5.99. The van der Waals surface area contributed by atoms with Gasteiger partial charge in [-0.1, -0.05) is 26.3 Å². The summed E-state index contributed by atoms with van der Waals surface area (Å²) < 4.78 is 0. The summed E-state index contributed by atoms with van der Waals surface area (Å²) in [7, 11) is 0. The van der Waals surface area contributed by atoms with E-state index in [4.69, 9.17) is 11.1 Å². The van der Waals surface area contributed by atoms with Crippen LogP contribution in [-0.4, -0.2) is 36.4 Å². The van der Waals surface area contributed by atoms with Gasteiger partial charge in [-0.05, 0) is 24.3 Å². The molecule has 0 unspecified atom stereocenters. The van der Waals surface area contributed by atoms with Gasteiger partial charge in [0.1, 0.15) is 5.84 Å². The molecule has 0 atom stereocenters. The third-order valence-corrected chi connectivity index (χ3v) is 4.01. The molecule has 0 saturated heterocycles. The number of nitrogens with zero attached hydrogens (tertiary/aromatic N) is 1. The van der Waals surface area contributed by atoms with Crippen LogP contribution in [0.25, 0.3) is 0 Å². The van der Waals surface area contributed by atoms with Gasteiger partial charge in [-0.15, -0.1) is 11.8 Å². The minimum Gasteiger partial charge on any atom is -0.395 e. The molecule has 0 fully saturated rings. The number of amidine groups is 1. The summed E-state index contributed by atoms with van der Waals surface area (Å²) in [6.07, 6.45) is 2.16. The molecule has 4 N–H and O–H groups in total. The van der Waals surface area contributed by atoms with E-state index < -0.39 is 0 Å². The van der Waals surface area contributed by atoms with E-state index in [0.717, 1.165) is 41.3 Å². The molecule has 0 radical (unpaired) electrons. The van der Waals surface area contributed by atoms with Crippen molar-refractivity contribution in [3.63, 3.8) is 0 Å². The normalized spacial score (nSPS) is 10.6. The zero-order valence-corrected chi connectivity index (χ0v) is 13.2. The maximum Gasteiger partial charge on any atom is 0.126 e. The first-order valence-electron chi connectivity index (χ1n) is 7.11. The number of thioether (sulfide) groups is 1. The Kier molecular flexibility index (Phi) is 7.47. The molecule has 112 valence electrons. The highest BCUT2D eigenvalue weighted by Crippen LogP contribution is 2.30. The van der Waals surface area contributed by atoms with Gasteiger partial charge in [-0.3, -0.25) is 5.41 Å². The first-order valence-corrected chi connectivity index (χ1v) is 8.10. The van der Waals surface area contributed by atoms with E-state index in [-0.39, 0.29) is 12.4 Å². The lowest BCUT2D eigenvalue weighted by atomic mass is 10.1. The highest BCUT2D eigenvalue weighted by molar-refractivity contribution is 7.99. The number of anilines is 1. The molecular weight excluding hydrogens is 270 g/mol. The fourth-order valence-electron chi connectivity index (χ4n) is 2.15. The van der Waals surface area contributed by atoms with Gasteiger partial charge < -0.3 is 15.7 Å². The first kappa shape index (κ1) is 16.9. The third-order valence-electron chi connectivity index (χ3n) is 3.07. The van der Waals surface area contributed by atoms with Crippen molar-refractivity contribution >= 4 is 23.3 Å². The van der Waals surface area contributed by atoms with E-state index in [1.807, 2.05) is 18.2 Å². The lowest BCUT2D eigenvalue weighted by Crippen LogP contribution is -2.30. The molecule has 1 aromatic rings. The van der Waals surface area contributed by atoms with Gasteiger partial charge in [0.15, 0.2) is 0 Å². The van der Waals surface area contributed by atoms with Crippen LogP contribution in [0.15, 0.2) is 23.1 Å². The largest absolute Gasteiger partial charge is 0.395 e. The molecule has 0 aromatic heterocycles. The number of aliphatic hydroxyl groups is 1. The minimum atomic E-state index is 0.0935. The van der Waals surface area contributed by atoms with Gasteiger partial charge in [0.05, 0.1) is 12.2 Å². The standard InChI is InChI=1S/C15H25N3OS/c1-3-5-9-18(10-11-19)12-7-6-8-13(20-4-2)14(12)15(16)17/h6-8,19H,3-5,9-11H2,1-2H3,(H3,16,17). The van der Waals surface area contributed by atoms with Gasteiger partial charge >= 0.3 is 0 Å². The Morgan fingerprint density at radius 2 is 2.10 bits per heavy atom. The number of nitrogens with two attached hydrogens (primary N) is 1. The Hall–Kier alpha value is -1.20.